The van der Waals surface area contributed by atoms with Gasteiger partial charge in [-0.2, -0.15) is 0 Å². The van der Waals surface area contributed by atoms with Gasteiger partial charge in [-0.1, -0.05) is 0 Å². The molecule has 2 aliphatic heterocycles. The first-order valence-electron chi connectivity index (χ1n) is 6.94. The fourth-order valence-electron chi connectivity index (χ4n) is 2.96. The van der Waals surface area contributed by atoms with Gasteiger partial charge in [-0.15, -0.1) is 0 Å². The van der Waals surface area contributed by atoms with Crippen molar-refractivity contribution in [1.82, 2.24) is 0 Å². The van der Waals surface area contributed by atoms with Crippen LogP contribution in [0.1, 0.15) is 30.4 Å². The second-order valence-electron chi connectivity index (χ2n) is 5.54. The number of nitrogens with zero attached hydrogens (tertiary/aromatic N) is 1. The SMILES string of the molecule is Cc1cc2c(cc1N1CCCC(F)(F)CC1)CCO2. The summed E-state index contributed by atoms with van der Waals surface area (Å²) < 4.78 is 32.4. The lowest BCUT2D eigenvalue weighted by molar-refractivity contribution is -0.0102. The van der Waals surface area contributed by atoms with E-state index in [1.54, 1.807) is 0 Å². The molecule has 0 amide bonds. The Morgan fingerprint density at radius 1 is 1.21 bits per heavy atom. The van der Waals surface area contributed by atoms with Gasteiger partial charge in [0.05, 0.1) is 6.61 Å². The van der Waals surface area contributed by atoms with E-state index in [1.165, 1.54) is 5.56 Å². The first kappa shape index (κ1) is 12.7. The highest BCUT2D eigenvalue weighted by atomic mass is 19.3. The summed E-state index contributed by atoms with van der Waals surface area (Å²) in [5, 5.41) is 0. The average molecular weight is 267 g/mol. The van der Waals surface area contributed by atoms with E-state index in [0.717, 1.165) is 36.6 Å². The van der Waals surface area contributed by atoms with Crippen LogP contribution < -0.4 is 9.64 Å². The lowest BCUT2D eigenvalue weighted by Crippen LogP contribution is -2.26. The van der Waals surface area contributed by atoms with E-state index in [2.05, 4.69) is 11.0 Å². The highest BCUT2D eigenvalue weighted by Gasteiger charge is 2.32. The fraction of sp³-hybridized carbons (Fsp3) is 0.600. The Labute approximate surface area is 112 Å². The number of halogens is 2. The number of fused-ring (bicyclic) bond motifs is 1. The van der Waals surface area contributed by atoms with Crippen molar-refractivity contribution in [2.24, 2.45) is 0 Å². The minimum absolute atomic E-state index is 0.0105. The van der Waals surface area contributed by atoms with Crippen molar-refractivity contribution < 1.29 is 13.5 Å². The number of benzene rings is 1. The van der Waals surface area contributed by atoms with Gasteiger partial charge in [0.25, 0.3) is 0 Å². The molecule has 3 rings (SSSR count). The van der Waals surface area contributed by atoms with Crippen LogP contribution >= 0.6 is 0 Å². The van der Waals surface area contributed by atoms with E-state index in [0.29, 0.717) is 13.0 Å². The zero-order chi connectivity index (χ0) is 13.5. The zero-order valence-electron chi connectivity index (χ0n) is 11.2. The maximum atomic E-state index is 13.4. The number of aryl methyl sites for hydroxylation is 1. The van der Waals surface area contributed by atoms with Crippen molar-refractivity contribution in [2.75, 3.05) is 24.6 Å². The molecule has 0 spiro atoms. The largest absolute Gasteiger partial charge is 0.493 e. The van der Waals surface area contributed by atoms with Crippen LogP contribution in [0.3, 0.4) is 0 Å². The number of alkyl halides is 2. The molecule has 0 atom stereocenters. The Hall–Kier alpha value is -1.32. The van der Waals surface area contributed by atoms with Gasteiger partial charge < -0.3 is 9.64 Å². The van der Waals surface area contributed by atoms with Gasteiger partial charge in [0, 0.05) is 38.0 Å². The molecule has 0 N–H and O–H groups in total. The smallest absolute Gasteiger partial charge is 0.249 e. The molecule has 2 nitrogen and oxygen atoms in total. The Morgan fingerprint density at radius 3 is 2.89 bits per heavy atom. The highest BCUT2D eigenvalue weighted by Crippen LogP contribution is 2.35. The molecule has 19 heavy (non-hydrogen) atoms. The van der Waals surface area contributed by atoms with E-state index in [9.17, 15) is 8.78 Å². The van der Waals surface area contributed by atoms with Crippen molar-refractivity contribution in [3.05, 3.63) is 23.3 Å². The summed E-state index contributed by atoms with van der Waals surface area (Å²) in [5.41, 5.74) is 3.42. The third kappa shape index (κ3) is 2.53. The third-order valence-corrected chi connectivity index (χ3v) is 4.07. The summed E-state index contributed by atoms with van der Waals surface area (Å²) in [5.74, 6) is -1.54. The molecule has 0 radical (unpaired) electrons. The van der Waals surface area contributed by atoms with Crippen LogP contribution in [-0.2, 0) is 6.42 Å². The Morgan fingerprint density at radius 2 is 2.05 bits per heavy atom. The first-order chi connectivity index (χ1) is 9.05. The zero-order valence-corrected chi connectivity index (χ0v) is 11.2. The van der Waals surface area contributed by atoms with Crippen LogP contribution in [0.15, 0.2) is 12.1 Å². The van der Waals surface area contributed by atoms with Crippen molar-refractivity contribution in [1.29, 1.82) is 0 Å². The number of ether oxygens (including phenoxy) is 1. The van der Waals surface area contributed by atoms with E-state index in [1.807, 2.05) is 13.0 Å². The molecule has 0 aromatic heterocycles. The molecule has 0 aliphatic carbocycles. The monoisotopic (exact) mass is 267 g/mol. The summed E-state index contributed by atoms with van der Waals surface area (Å²) in [7, 11) is 0. The Bertz CT molecular complexity index is 487. The molecular weight excluding hydrogens is 248 g/mol. The van der Waals surface area contributed by atoms with Crippen molar-refractivity contribution >= 4 is 5.69 Å². The molecule has 1 fully saturated rings. The molecule has 2 heterocycles. The predicted octanol–water partition coefficient (Wildman–Crippen LogP) is 3.56. The Balaban J connectivity index is 1.86. The molecule has 0 bridgehead atoms. The molecule has 0 unspecified atom stereocenters. The van der Waals surface area contributed by atoms with Gasteiger partial charge in [-0.05, 0) is 36.6 Å². The average Bonchev–Trinajstić information content (AvgIpc) is 2.71. The van der Waals surface area contributed by atoms with Crippen molar-refractivity contribution in [3.8, 4) is 5.75 Å². The predicted molar refractivity (Wildman–Crippen MR) is 71.4 cm³/mol. The summed E-state index contributed by atoms with van der Waals surface area (Å²) >= 11 is 0. The van der Waals surface area contributed by atoms with E-state index in [-0.39, 0.29) is 12.8 Å². The lowest BCUT2D eigenvalue weighted by atomic mass is 10.1. The van der Waals surface area contributed by atoms with Gasteiger partial charge >= 0.3 is 0 Å². The van der Waals surface area contributed by atoms with Crippen LogP contribution in [0, 0.1) is 6.92 Å². The second kappa shape index (κ2) is 4.66. The molecular formula is C15H19F2NO. The fourth-order valence-corrected chi connectivity index (χ4v) is 2.96. The maximum absolute atomic E-state index is 13.4. The molecule has 4 heteroatoms. The van der Waals surface area contributed by atoms with E-state index >= 15 is 0 Å². The van der Waals surface area contributed by atoms with Gasteiger partial charge in [0.1, 0.15) is 5.75 Å². The van der Waals surface area contributed by atoms with Crippen LogP contribution in [-0.4, -0.2) is 25.6 Å². The summed E-state index contributed by atoms with van der Waals surface area (Å²) in [4.78, 5) is 2.11. The topological polar surface area (TPSA) is 12.5 Å². The van der Waals surface area contributed by atoms with Crippen molar-refractivity contribution in [3.63, 3.8) is 0 Å². The van der Waals surface area contributed by atoms with Gasteiger partial charge in [0.2, 0.25) is 5.92 Å². The third-order valence-electron chi connectivity index (χ3n) is 4.07. The minimum Gasteiger partial charge on any atom is -0.493 e. The van der Waals surface area contributed by atoms with Gasteiger partial charge in [-0.25, -0.2) is 8.78 Å². The molecule has 1 aromatic carbocycles. The van der Waals surface area contributed by atoms with E-state index in [4.69, 9.17) is 4.74 Å². The normalized spacial score (nSPS) is 21.7. The lowest BCUT2D eigenvalue weighted by Gasteiger charge is -2.25. The number of hydrogen-bond donors (Lipinski definition) is 0. The summed E-state index contributed by atoms with van der Waals surface area (Å²) in [6.45, 7) is 3.92. The van der Waals surface area contributed by atoms with Gasteiger partial charge in [0.15, 0.2) is 0 Å². The maximum Gasteiger partial charge on any atom is 0.249 e. The van der Waals surface area contributed by atoms with E-state index < -0.39 is 5.92 Å². The second-order valence-corrected chi connectivity index (χ2v) is 5.54. The standard InChI is InChI=1S/C15H19F2NO/c1-11-9-14-12(3-8-19-14)10-13(11)18-6-2-4-15(16,17)5-7-18/h9-10H,2-8H2,1H3. The summed E-state index contributed by atoms with van der Waals surface area (Å²) in [6.07, 6.45) is 1.45. The number of anilines is 1. The quantitative estimate of drug-likeness (QED) is 0.771. The molecule has 2 aliphatic rings. The number of rotatable bonds is 1. The van der Waals surface area contributed by atoms with Crippen LogP contribution in [0.2, 0.25) is 0 Å². The number of hydrogen-bond acceptors (Lipinski definition) is 2. The van der Waals surface area contributed by atoms with Crippen LogP contribution in [0.25, 0.3) is 0 Å². The Kier molecular flexibility index (Phi) is 3.11. The van der Waals surface area contributed by atoms with Crippen LogP contribution in [0.4, 0.5) is 14.5 Å². The first-order valence-corrected chi connectivity index (χ1v) is 6.94. The summed E-state index contributed by atoms with van der Waals surface area (Å²) in [6, 6.07) is 4.17. The molecule has 1 saturated heterocycles. The highest BCUT2D eigenvalue weighted by molar-refractivity contribution is 5.60. The molecule has 1 aromatic rings. The van der Waals surface area contributed by atoms with Crippen LogP contribution in [0.5, 0.6) is 5.75 Å². The minimum atomic E-state index is -2.50. The van der Waals surface area contributed by atoms with Crippen molar-refractivity contribution in [2.45, 2.75) is 38.5 Å². The van der Waals surface area contributed by atoms with Gasteiger partial charge in [-0.3, -0.25) is 0 Å². The molecule has 0 saturated carbocycles. The molecule has 104 valence electrons.